The first-order chi connectivity index (χ1) is 14.2. The van der Waals surface area contributed by atoms with Crippen LogP contribution >= 0.6 is 11.3 Å². The molecule has 1 saturated heterocycles. The summed E-state index contributed by atoms with van der Waals surface area (Å²) in [5.74, 6) is 1.41. The lowest BCUT2D eigenvalue weighted by Crippen LogP contribution is -2.48. The number of carbonyl (C=O) groups excluding carboxylic acids is 1. The van der Waals surface area contributed by atoms with Gasteiger partial charge in [-0.05, 0) is 55.5 Å². The third kappa shape index (κ3) is 3.36. The predicted octanol–water partition coefficient (Wildman–Crippen LogP) is 3.77. The van der Waals surface area contributed by atoms with Crippen molar-refractivity contribution < 1.29 is 4.79 Å². The predicted molar refractivity (Wildman–Crippen MR) is 114 cm³/mol. The molecule has 1 unspecified atom stereocenters. The van der Waals surface area contributed by atoms with Gasteiger partial charge in [0.2, 0.25) is 5.91 Å². The second kappa shape index (κ2) is 7.29. The van der Waals surface area contributed by atoms with Crippen molar-refractivity contribution in [1.29, 1.82) is 0 Å². The van der Waals surface area contributed by atoms with Crippen LogP contribution < -0.4 is 10.2 Å². The first-order valence-corrected chi connectivity index (χ1v) is 10.5. The minimum Gasteiger partial charge on any atom is -0.357 e. The summed E-state index contributed by atoms with van der Waals surface area (Å²) in [6, 6.07) is 13.5. The molecule has 146 valence electrons. The molecule has 7 nitrogen and oxygen atoms in total. The normalized spacial score (nSPS) is 17.1. The van der Waals surface area contributed by atoms with Crippen LogP contribution in [0.5, 0.6) is 0 Å². The van der Waals surface area contributed by atoms with Crippen LogP contribution in [0.2, 0.25) is 0 Å². The van der Waals surface area contributed by atoms with Gasteiger partial charge in [0.05, 0.1) is 0 Å². The van der Waals surface area contributed by atoms with E-state index >= 15 is 0 Å². The fourth-order valence-electron chi connectivity index (χ4n) is 3.61. The Bertz CT molecular complexity index is 1150. The van der Waals surface area contributed by atoms with Crippen molar-refractivity contribution in [3.05, 3.63) is 58.8 Å². The Morgan fingerprint density at radius 3 is 2.76 bits per heavy atom. The second-order valence-corrected chi connectivity index (χ2v) is 7.97. The molecule has 1 atom stereocenters. The smallest absolute Gasteiger partial charge is 0.249 e. The van der Waals surface area contributed by atoms with E-state index < -0.39 is 0 Å². The number of anilines is 2. The van der Waals surface area contributed by atoms with Gasteiger partial charge in [-0.15, -0.1) is 15.3 Å². The van der Waals surface area contributed by atoms with E-state index in [9.17, 15) is 4.79 Å². The Hall–Kier alpha value is -3.26. The topological polar surface area (TPSA) is 75.4 Å². The second-order valence-electron chi connectivity index (χ2n) is 7.19. The highest BCUT2D eigenvalue weighted by molar-refractivity contribution is 7.08. The molecule has 1 amide bonds. The molecule has 1 aliphatic heterocycles. The fraction of sp³-hybridized carbons (Fsp3) is 0.238. The van der Waals surface area contributed by atoms with Crippen molar-refractivity contribution in [2.24, 2.45) is 0 Å². The number of nitrogens with one attached hydrogen (secondary N) is 1. The highest BCUT2D eigenvalue weighted by Crippen LogP contribution is 2.24. The number of carbonyl (C=O) groups is 1. The number of nitrogens with zero attached hydrogens (tertiary/aromatic N) is 5. The summed E-state index contributed by atoms with van der Waals surface area (Å²) in [4.78, 5) is 14.9. The summed E-state index contributed by atoms with van der Waals surface area (Å²) in [5, 5.41) is 20.4. The summed E-state index contributed by atoms with van der Waals surface area (Å²) in [6.45, 7) is 2.78. The molecule has 1 aliphatic rings. The minimum atomic E-state index is -0.309. The fourth-order valence-corrected chi connectivity index (χ4v) is 4.24. The highest BCUT2D eigenvalue weighted by Gasteiger charge is 2.30. The number of piperidine rings is 1. The van der Waals surface area contributed by atoms with Crippen molar-refractivity contribution in [3.63, 3.8) is 0 Å². The lowest BCUT2D eigenvalue weighted by molar-refractivity contribution is -0.120. The van der Waals surface area contributed by atoms with Crippen LogP contribution in [-0.4, -0.2) is 38.3 Å². The van der Waals surface area contributed by atoms with E-state index in [1.807, 2.05) is 65.0 Å². The maximum absolute atomic E-state index is 13.1. The molecular formula is C21H20N6OS. The zero-order valence-electron chi connectivity index (χ0n) is 15.9. The van der Waals surface area contributed by atoms with Crippen LogP contribution in [0.4, 0.5) is 11.5 Å². The van der Waals surface area contributed by atoms with Gasteiger partial charge < -0.3 is 10.2 Å². The maximum atomic E-state index is 13.1. The zero-order valence-corrected chi connectivity index (χ0v) is 16.8. The number of hydrogen-bond donors (Lipinski definition) is 1. The molecule has 0 bridgehead atoms. The van der Waals surface area contributed by atoms with Crippen molar-refractivity contribution in [1.82, 2.24) is 19.8 Å². The first-order valence-electron chi connectivity index (χ1n) is 9.59. The number of benzene rings is 1. The first kappa shape index (κ1) is 17.8. The Morgan fingerprint density at radius 2 is 1.97 bits per heavy atom. The van der Waals surface area contributed by atoms with Gasteiger partial charge in [0.15, 0.2) is 11.5 Å². The molecule has 5 rings (SSSR count). The summed E-state index contributed by atoms with van der Waals surface area (Å²) >= 11 is 1.60. The van der Waals surface area contributed by atoms with E-state index in [-0.39, 0.29) is 11.9 Å². The van der Waals surface area contributed by atoms with Gasteiger partial charge in [0.25, 0.3) is 0 Å². The lowest BCUT2D eigenvalue weighted by atomic mass is 10.0. The molecule has 0 spiro atoms. The van der Waals surface area contributed by atoms with Crippen LogP contribution in [-0.2, 0) is 4.79 Å². The van der Waals surface area contributed by atoms with Crippen molar-refractivity contribution >= 4 is 34.4 Å². The van der Waals surface area contributed by atoms with Crippen molar-refractivity contribution in [2.75, 3.05) is 16.8 Å². The van der Waals surface area contributed by atoms with Crippen LogP contribution in [0, 0.1) is 6.92 Å². The summed E-state index contributed by atoms with van der Waals surface area (Å²) < 4.78 is 1.72. The van der Waals surface area contributed by atoms with Crippen LogP contribution in [0.3, 0.4) is 0 Å². The van der Waals surface area contributed by atoms with Gasteiger partial charge in [-0.1, -0.05) is 17.7 Å². The van der Waals surface area contributed by atoms with Gasteiger partial charge in [-0.2, -0.15) is 15.9 Å². The Balaban J connectivity index is 1.40. The van der Waals surface area contributed by atoms with Gasteiger partial charge in [-0.3, -0.25) is 4.79 Å². The lowest BCUT2D eigenvalue weighted by Gasteiger charge is -2.33. The minimum absolute atomic E-state index is 0.0730. The average molecular weight is 404 g/mol. The van der Waals surface area contributed by atoms with E-state index in [2.05, 4.69) is 20.6 Å². The molecule has 8 heteroatoms. The van der Waals surface area contributed by atoms with Gasteiger partial charge in [0, 0.05) is 23.2 Å². The van der Waals surface area contributed by atoms with E-state index in [1.165, 1.54) is 5.56 Å². The number of fused-ring (bicyclic) bond motifs is 1. The van der Waals surface area contributed by atoms with E-state index in [1.54, 1.807) is 15.9 Å². The molecule has 0 aliphatic carbocycles. The average Bonchev–Trinajstić information content (AvgIpc) is 3.40. The number of aryl methyl sites for hydroxylation is 1. The number of thiophene rings is 1. The number of aromatic nitrogens is 4. The number of rotatable bonds is 4. The van der Waals surface area contributed by atoms with E-state index in [4.69, 9.17) is 0 Å². The standard InChI is InChI=1S/C21H20N6OS/c1-14-4-6-16(7-5-14)26-11-2-3-17(21(26)28)22-18-8-9-19-23-24-20(27(19)25-18)15-10-12-29-13-15/h4-10,12-13,17H,2-3,11H2,1H3,(H,22,25). The quantitative estimate of drug-likeness (QED) is 0.560. The Labute approximate surface area is 172 Å². The Morgan fingerprint density at radius 1 is 1.10 bits per heavy atom. The molecule has 1 N–H and O–H groups in total. The van der Waals surface area contributed by atoms with Crippen molar-refractivity contribution in [3.8, 4) is 11.4 Å². The molecule has 0 saturated carbocycles. The van der Waals surface area contributed by atoms with Gasteiger partial charge >= 0.3 is 0 Å². The van der Waals surface area contributed by atoms with Crippen LogP contribution in [0.15, 0.2) is 53.2 Å². The third-order valence-electron chi connectivity index (χ3n) is 5.15. The SMILES string of the molecule is Cc1ccc(N2CCCC(Nc3ccc4nnc(-c5ccsc5)n4n3)C2=O)cc1. The van der Waals surface area contributed by atoms with Crippen LogP contribution in [0.1, 0.15) is 18.4 Å². The molecule has 1 aromatic carbocycles. The van der Waals surface area contributed by atoms with E-state index in [0.717, 1.165) is 30.6 Å². The molecule has 1 fully saturated rings. The summed E-state index contributed by atoms with van der Waals surface area (Å²) in [5.41, 5.74) is 3.77. The molecular weight excluding hydrogens is 384 g/mol. The molecule has 0 radical (unpaired) electrons. The van der Waals surface area contributed by atoms with Gasteiger partial charge in [0.1, 0.15) is 11.9 Å². The monoisotopic (exact) mass is 404 g/mol. The molecule has 3 aromatic heterocycles. The highest BCUT2D eigenvalue weighted by atomic mass is 32.1. The van der Waals surface area contributed by atoms with Crippen LogP contribution in [0.25, 0.3) is 17.0 Å². The number of amides is 1. The Kier molecular flexibility index (Phi) is 4.48. The third-order valence-corrected chi connectivity index (χ3v) is 5.83. The maximum Gasteiger partial charge on any atom is 0.249 e. The summed E-state index contributed by atoms with van der Waals surface area (Å²) in [7, 11) is 0. The van der Waals surface area contributed by atoms with Gasteiger partial charge in [-0.25, -0.2) is 0 Å². The largest absolute Gasteiger partial charge is 0.357 e. The molecule has 29 heavy (non-hydrogen) atoms. The summed E-state index contributed by atoms with van der Waals surface area (Å²) in [6.07, 6.45) is 1.72. The van der Waals surface area contributed by atoms with Crippen molar-refractivity contribution in [2.45, 2.75) is 25.8 Å². The number of hydrogen-bond acceptors (Lipinski definition) is 6. The van der Waals surface area contributed by atoms with E-state index in [0.29, 0.717) is 17.3 Å². The molecule has 4 aromatic rings. The molecule has 4 heterocycles. The zero-order chi connectivity index (χ0) is 19.8.